The lowest BCUT2D eigenvalue weighted by Gasteiger charge is -2.14. The Morgan fingerprint density at radius 2 is 1.88 bits per heavy atom. The monoisotopic (exact) mass is 153 g/mol. The zero-order valence-corrected chi connectivity index (χ0v) is 6.80. The Morgan fingerprint density at radius 3 is 1.88 bits per heavy atom. The van der Waals surface area contributed by atoms with Crippen molar-refractivity contribution in [2.75, 3.05) is 0 Å². The predicted octanol–water partition coefficient (Wildman–Crippen LogP) is 0.126. The van der Waals surface area contributed by atoms with E-state index in [0.29, 0.717) is 0 Å². The molecule has 0 heterocycles. The first kappa shape index (κ1) is 8.53. The standard InChI is InChI=1S/C3H12N3PS/c1-3(2)6-7(4,5)8/h3H,1-2H3,(H5,4,5,6,8). The molecule has 0 aliphatic heterocycles. The summed E-state index contributed by atoms with van der Waals surface area (Å²) in [6.45, 7) is 1.78. The molecule has 8 heavy (non-hydrogen) atoms. The number of nitrogens with two attached hydrogens (primary N) is 2. The molecule has 0 saturated heterocycles. The average Bonchev–Trinajstić information content (AvgIpc) is 1.21. The van der Waals surface area contributed by atoms with Crippen molar-refractivity contribution >= 4 is 18.3 Å². The SMILES string of the molecule is CC(C)NP(N)(N)=S. The van der Waals surface area contributed by atoms with Gasteiger partial charge in [-0.15, -0.1) is 0 Å². The third kappa shape index (κ3) is 6.53. The molecule has 0 spiro atoms. The van der Waals surface area contributed by atoms with Crippen molar-refractivity contribution in [3.05, 3.63) is 0 Å². The number of nitrogens with one attached hydrogen (secondary N) is 1. The van der Waals surface area contributed by atoms with Crippen LogP contribution in [0.25, 0.3) is 0 Å². The first-order valence-corrected chi connectivity index (χ1v) is 5.31. The Morgan fingerprint density at radius 1 is 1.50 bits per heavy atom. The van der Waals surface area contributed by atoms with E-state index in [9.17, 15) is 0 Å². The highest BCUT2D eigenvalue weighted by atomic mass is 32.4. The molecular weight excluding hydrogens is 141 g/mol. The quantitative estimate of drug-likeness (QED) is 0.493. The third-order valence-corrected chi connectivity index (χ3v) is 1.70. The highest BCUT2D eigenvalue weighted by Gasteiger charge is 2.02. The summed E-state index contributed by atoms with van der Waals surface area (Å²) in [5, 5.41) is 2.86. The van der Waals surface area contributed by atoms with Crippen LogP contribution in [-0.4, -0.2) is 6.04 Å². The summed E-state index contributed by atoms with van der Waals surface area (Å²) in [5.74, 6) is 0. The number of rotatable bonds is 2. The second-order valence-corrected chi connectivity index (χ2v) is 5.48. The van der Waals surface area contributed by atoms with Crippen molar-refractivity contribution in [1.82, 2.24) is 5.09 Å². The fourth-order valence-electron chi connectivity index (χ4n) is 0.404. The smallest absolute Gasteiger partial charge is 0.132 e. The molecule has 0 atom stereocenters. The van der Waals surface area contributed by atoms with Gasteiger partial charge in [-0.2, -0.15) is 0 Å². The number of hydrogen-bond donors (Lipinski definition) is 3. The molecule has 0 aliphatic rings. The molecular formula is C3H12N3PS. The number of hydrogen-bond acceptors (Lipinski definition) is 1. The van der Waals surface area contributed by atoms with Crippen molar-refractivity contribution in [3.63, 3.8) is 0 Å². The largest absolute Gasteiger partial charge is 0.280 e. The lowest BCUT2D eigenvalue weighted by molar-refractivity contribution is 0.758. The van der Waals surface area contributed by atoms with Crippen LogP contribution in [0.4, 0.5) is 0 Å². The van der Waals surface area contributed by atoms with Gasteiger partial charge in [0.15, 0.2) is 0 Å². The van der Waals surface area contributed by atoms with Gasteiger partial charge in [0.05, 0.1) is 0 Å². The maximum absolute atomic E-state index is 5.33. The summed E-state index contributed by atoms with van der Waals surface area (Å²) >= 11 is 4.72. The van der Waals surface area contributed by atoms with E-state index in [2.05, 4.69) is 5.09 Å². The normalized spacial score (nSPS) is 12.6. The fourth-order valence-corrected chi connectivity index (χ4v) is 1.84. The van der Waals surface area contributed by atoms with Gasteiger partial charge < -0.3 is 0 Å². The summed E-state index contributed by atoms with van der Waals surface area (Å²) in [5.41, 5.74) is 10.7. The molecule has 0 fully saturated rings. The van der Waals surface area contributed by atoms with E-state index in [1.807, 2.05) is 13.8 Å². The lowest BCUT2D eigenvalue weighted by atomic mass is 10.4. The van der Waals surface area contributed by atoms with Crippen LogP contribution >= 0.6 is 6.49 Å². The summed E-state index contributed by atoms with van der Waals surface area (Å²) in [6.07, 6.45) is 0. The van der Waals surface area contributed by atoms with Gasteiger partial charge in [0.1, 0.15) is 6.49 Å². The molecule has 0 saturated carbocycles. The van der Waals surface area contributed by atoms with Crippen LogP contribution in [0.5, 0.6) is 0 Å². The van der Waals surface area contributed by atoms with E-state index < -0.39 is 6.49 Å². The van der Waals surface area contributed by atoms with Crippen LogP contribution in [-0.2, 0) is 11.8 Å². The summed E-state index contributed by atoms with van der Waals surface area (Å²) in [4.78, 5) is 0. The van der Waals surface area contributed by atoms with Gasteiger partial charge in [-0.3, -0.25) is 16.1 Å². The maximum Gasteiger partial charge on any atom is 0.132 e. The molecule has 0 rings (SSSR count). The summed E-state index contributed by atoms with van der Waals surface area (Å²) in [7, 11) is 0. The first-order chi connectivity index (χ1) is 3.42. The Hall–Kier alpha value is 0.530. The first-order valence-electron chi connectivity index (χ1n) is 2.37. The van der Waals surface area contributed by atoms with Crippen LogP contribution < -0.4 is 16.1 Å². The molecule has 0 amide bonds. The van der Waals surface area contributed by atoms with Gasteiger partial charge >= 0.3 is 0 Å². The second-order valence-electron chi connectivity index (χ2n) is 1.99. The molecule has 0 aromatic rings. The van der Waals surface area contributed by atoms with E-state index in [-0.39, 0.29) is 6.04 Å². The van der Waals surface area contributed by atoms with E-state index >= 15 is 0 Å². The van der Waals surface area contributed by atoms with E-state index in [1.54, 1.807) is 0 Å². The van der Waals surface area contributed by atoms with Gasteiger partial charge in [-0.25, -0.2) is 0 Å². The third-order valence-electron chi connectivity index (χ3n) is 0.460. The molecule has 3 nitrogen and oxygen atoms in total. The predicted molar refractivity (Wildman–Crippen MR) is 40.9 cm³/mol. The van der Waals surface area contributed by atoms with E-state index in [0.717, 1.165) is 0 Å². The van der Waals surface area contributed by atoms with Crippen molar-refractivity contribution in [1.29, 1.82) is 0 Å². The van der Waals surface area contributed by atoms with Gasteiger partial charge in [0.25, 0.3) is 0 Å². The molecule has 0 aromatic carbocycles. The van der Waals surface area contributed by atoms with Gasteiger partial charge in [0.2, 0.25) is 0 Å². The van der Waals surface area contributed by atoms with Crippen LogP contribution in [0.2, 0.25) is 0 Å². The molecule has 5 heteroatoms. The minimum atomic E-state index is -2.14. The van der Waals surface area contributed by atoms with Crippen molar-refractivity contribution in [2.45, 2.75) is 19.9 Å². The van der Waals surface area contributed by atoms with Gasteiger partial charge in [0, 0.05) is 6.04 Å². The lowest BCUT2D eigenvalue weighted by Crippen LogP contribution is -2.27. The van der Waals surface area contributed by atoms with Crippen LogP contribution in [0.3, 0.4) is 0 Å². The molecule has 50 valence electrons. The Labute approximate surface area is 55.0 Å². The summed E-state index contributed by atoms with van der Waals surface area (Å²) in [6, 6.07) is 0.288. The van der Waals surface area contributed by atoms with Gasteiger partial charge in [-0.05, 0) is 25.7 Å². The molecule has 0 aliphatic carbocycles. The fraction of sp³-hybridized carbons (Fsp3) is 1.00. The Balaban J connectivity index is 3.56. The molecule has 5 N–H and O–H groups in total. The Kier molecular flexibility index (Phi) is 3.09. The van der Waals surface area contributed by atoms with Crippen molar-refractivity contribution in [2.24, 2.45) is 11.0 Å². The second kappa shape index (κ2) is 2.90. The highest BCUT2D eigenvalue weighted by molar-refractivity contribution is 8.11. The molecule has 0 radical (unpaired) electrons. The average molecular weight is 153 g/mol. The van der Waals surface area contributed by atoms with E-state index in [4.69, 9.17) is 22.8 Å². The van der Waals surface area contributed by atoms with Crippen LogP contribution in [0, 0.1) is 0 Å². The van der Waals surface area contributed by atoms with E-state index in [1.165, 1.54) is 0 Å². The topological polar surface area (TPSA) is 64.1 Å². The van der Waals surface area contributed by atoms with Crippen molar-refractivity contribution < 1.29 is 0 Å². The summed E-state index contributed by atoms with van der Waals surface area (Å²) < 4.78 is 0. The maximum atomic E-state index is 5.33. The minimum absolute atomic E-state index is 0.288. The zero-order chi connectivity index (χ0) is 6.78. The highest BCUT2D eigenvalue weighted by Crippen LogP contribution is 2.18. The zero-order valence-electron chi connectivity index (χ0n) is 5.09. The Bertz CT molecular complexity index is 107. The van der Waals surface area contributed by atoms with Crippen LogP contribution in [0.15, 0.2) is 0 Å². The van der Waals surface area contributed by atoms with Crippen molar-refractivity contribution in [3.8, 4) is 0 Å². The molecule has 0 bridgehead atoms. The van der Waals surface area contributed by atoms with Crippen LogP contribution in [0.1, 0.15) is 13.8 Å². The minimum Gasteiger partial charge on any atom is -0.280 e. The van der Waals surface area contributed by atoms with Gasteiger partial charge in [-0.1, -0.05) is 0 Å². The molecule has 0 unspecified atom stereocenters. The molecule has 0 aromatic heterocycles.